The van der Waals surface area contributed by atoms with Crippen molar-refractivity contribution < 1.29 is 19.8 Å². The molecule has 1 unspecified atom stereocenters. The molecule has 0 aliphatic rings. The number of carbonyl (C=O) groups is 2. The van der Waals surface area contributed by atoms with Crippen LogP contribution >= 0.6 is 0 Å². The summed E-state index contributed by atoms with van der Waals surface area (Å²) in [6.45, 7) is 1.77. The smallest absolute Gasteiger partial charge is 0.326 e. The lowest BCUT2D eigenvalue weighted by atomic mass is 10.1. The van der Waals surface area contributed by atoms with E-state index in [0.29, 0.717) is 5.69 Å². The molecule has 7 heteroatoms. The molecule has 0 radical (unpaired) electrons. The van der Waals surface area contributed by atoms with Crippen LogP contribution in [0.4, 0.5) is 0 Å². The lowest BCUT2D eigenvalue weighted by molar-refractivity contribution is -0.139. The van der Waals surface area contributed by atoms with Crippen LogP contribution in [0.3, 0.4) is 0 Å². The lowest BCUT2D eigenvalue weighted by Gasteiger charge is -2.14. The SMILES string of the molecule is Cc1ccc(O)c(C(=O)NC(Cc2cnc[nH]2)C(=O)O)c1. The molecule has 1 aromatic carbocycles. The number of H-pyrrole nitrogens is 1. The zero-order valence-corrected chi connectivity index (χ0v) is 11.3. The summed E-state index contributed by atoms with van der Waals surface area (Å²) < 4.78 is 0. The number of rotatable bonds is 5. The highest BCUT2D eigenvalue weighted by atomic mass is 16.4. The Labute approximate surface area is 120 Å². The van der Waals surface area contributed by atoms with Gasteiger partial charge in [0.15, 0.2) is 0 Å². The molecule has 0 saturated heterocycles. The maximum Gasteiger partial charge on any atom is 0.326 e. The first kappa shape index (κ1) is 14.6. The summed E-state index contributed by atoms with van der Waals surface area (Å²) >= 11 is 0. The summed E-state index contributed by atoms with van der Waals surface area (Å²) in [5, 5.41) is 21.3. The van der Waals surface area contributed by atoms with E-state index in [2.05, 4.69) is 15.3 Å². The molecule has 4 N–H and O–H groups in total. The number of carboxylic acid groups (broad SMARTS) is 1. The Morgan fingerprint density at radius 3 is 2.81 bits per heavy atom. The molecule has 1 heterocycles. The van der Waals surface area contributed by atoms with E-state index in [1.807, 2.05) is 0 Å². The van der Waals surface area contributed by atoms with E-state index in [9.17, 15) is 19.8 Å². The number of aromatic hydroxyl groups is 1. The van der Waals surface area contributed by atoms with Crippen molar-refractivity contribution in [3.05, 3.63) is 47.5 Å². The third-order valence-electron chi connectivity index (χ3n) is 2.98. The van der Waals surface area contributed by atoms with Gasteiger partial charge in [0.1, 0.15) is 11.8 Å². The number of aromatic nitrogens is 2. The van der Waals surface area contributed by atoms with Gasteiger partial charge in [0.05, 0.1) is 11.9 Å². The number of hydrogen-bond donors (Lipinski definition) is 4. The van der Waals surface area contributed by atoms with Crippen LogP contribution in [-0.2, 0) is 11.2 Å². The molecule has 7 nitrogen and oxygen atoms in total. The van der Waals surface area contributed by atoms with Gasteiger partial charge in [0, 0.05) is 18.3 Å². The lowest BCUT2D eigenvalue weighted by Crippen LogP contribution is -2.42. The molecule has 21 heavy (non-hydrogen) atoms. The van der Waals surface area contributed by atoms with Gasteiger partial charge in [-0.25, -0.2) is 9.78 Å². The number of aliphatic carboxylic acids is 1. The molecule has 0 saturated carbocycles. The molecule has 110 valence electrons. The van der Waals surface area contributed by atoms with Crippen LogP contribution < -0.4 is 5.32 Å². The largest absolute Gasteiger partial charge is 0.507 e. The van der Waals surface area contributed by atoms with E-state index in [4.69, 9.17) is 0 Å². The van der Waals surface area contributed by atoms with Gasteiger partial charge in [0.2, 0.25) is 0 Å². The number of aromatic amines is 1. The van der Waals surface area contributed by atoms with Crippen molar-refractivity contribution in [3.63, 3.8) is 0 Å². The number of phenolic OH excluding ortho intramolecular Hbond substituents is 1. The second-order valence-electron chi connectivity index (χ2n) is 4.67. The van der Waals surface area contributed by atoms with E-state index < -0.39 is 17.9 Å². The zero-order chi connectivity index (χ0) is 15.4. The van der Waals surface area contributed by atoms with Crippen molar-refractivity contribution in [2.75, 3.05) is 0 Å². The first-order valence-corrected chi connectivity index (χ1v) is 6.28. The Kier molecular flexibility index (Phi) is 4.22. The molecule has 0 fully saturated rings. The predicted octanol–water partition coefficient (Wildman–Crippen LogP) is 0.849. The maximum atomic E-state index is 12.1. The minimum atomic E-state index is -1.16. The third kappa shape index (κ3) is 3.59. The summed E-state index contributed by atoms with van der Waals surface area (Å²) in [5.41, 5.74) is 1.43. The van der Waals surface area contributed by atoms with E-state index in [1.165, 1.54) is 24.7 Å². The molecular weight excluding hydrogens is 274 g/mol. The van der Waals surface area contributed by atoms with E-state index >= 15 is 0 Å². The molecule has 0 bridgehead atoms. The van der Waals surface area contributed by atoms with E-state index in [0.717, 1.165) is 5.56 Å². The van der Waals surface area contributed by atoms with Crippen molar-refractivity contribution in [2.45, 2.75) is 19.4 Å². The Balaban J connectivity index is 2.14. The standard InChI is InChI=1S/C14H15N3O4/c1-8-2-3-12(18)10(4-8)13(19)17-11(14(20)21)5-9-6-15-7-16-9/h2-4,6-7,11,18H,5H2,1H3,(H,15,16)(H,17,19)(H,20,21). The van der Waals surface area contributed by atoms with Crippen molar-refractivity contribution in [3.8, 4) is 5.75 Å². The van der Waals surface area contributed by atoms with Gasteiger partial charge in [-0.2, -0.15) is 0 Å². The van der Waals surface area contributed by atoms with Crippen LogP contribution in [0.1, 0.15) is 21.6 Å². The third-order valence-corrected chi connectivity index (χ3v) is 2.98. The average Bonchev–Trinajstić information content (AvgIpc) is 2.93. The summed E-state index contributed by atoms with van der Waals surface area (Å²) in [6.07, 6.45) is 3.00. The topological polar surface area (TPSA) is 115 Å². The minimum absolute atomic E-state index is 0.0471. The van der Waals surface area contributed by atoms with Crippen LogP contribution in [0.5, 0.6) is 5.75 Å². The normalized spacial score (nSPS) is 11.9. The highest BCUT2D eigenvalue weighted by Gasteiger charge is 2.23. The van der Waals surface area contributed by atoms with Gasteiger partial charge in [-0.3, -0.25) is 4.79 Å². The second-order valence-corrected chi connectivity index (χ2v) is 4.67. The van der Waals surface area contributed by atoms with Crippen LogP contribution in [0.2, 0.25) is 0 Å². The number of benzene rings is 1. The second kappa shape index (κ2) is 6.08. The van der Waals surface area contributed by atoms with Gasteiger partial charge in [0.25, 0.3) is 5.91 Å². The molecule has 0 aliphatic heterocycles. The monoisotopic (exact) mass is 289 g/mol. The average molecular weight is 289 g/mol. The van der Waals surface area contributed by atoms with Crippen molar-refractivity contribution in [2.24, 2.45) is 0 Å². The zero-order valence-electron chi connectivity index (χ0n) is 11.3. The molecule has 0 spiro atoms. The van der Waals surface area contributed by atoms with Gasteiger partial charge in [-0.15, -0.1) is 0 Å². The van der Waals surface area contributed by atoms with Crippen LogP contribution in [-0.4, -0.2) is 38.1 Å². The number of amides is 1. The molecule has 0 aliphatic carbocycles. The number of phenols is 1. The fourth-order valence-electron chi connectivity index (χ4n) is 1.88. The Hall–Kier alpha value is -2.83. The van der Waals surface area contributed by atoms with Crippen molar-refractivity contribution in [1.82, 2.24) is 15.3 Å². The van der Waals surface area contributed by atoms with Gasteiger partial charge < -0.3 is 20.5 Å². The fourth-order valence-corrected chi connectivity index (χ4v) is 1.88. The Morgan fingerprint density at radius 2 is 2.19 bits per heavy atom. The number of aryl methyl sites for hydroxylation is 1. The van der Waals surface area contributed by atoms with Crippen LogP contribution in [0, 0.1) is 6.92 Å². The number of carbonyl (C=O) groups excluding carboxylic acids is 1. The van der Waals surface area contributed by atoms with Gasteiger partial charge in [-0.1, -0.05) is 11.6 Å². The van der Waals surface area contributed by atoms with E-state index in [-0.39, 0.29) is 17.7 Å². The number of nitrogens with one attached hydrogen (secondary N) is 2. The number of hydrogen-bond acceptors (Lipinski definition) is 4. The highest BCUT2D eigenvalue weighted by molar-refractivity contribution is 5.99. The summed E-state index contributed by atoms with van der Waals surface area (Å²) in [4.78, 5) is 29.9. The first-order chi connectivity index (χ1) is 9.97. The molecular formula is C14H15N3O4. The fraction of sp³-hybridized carbons (Fsp3) is 0.214. The van der Waals surface area contributed by atoms with Gasteiger partial charge >= 0.3 is 5.97 Å². The maximum absolute atomic E-state index is 12.1. The Bertz CT molecular complexity index is 652. The molecule has 1 atom stereocenters. The molecule has 1 aromatic heterocycles. The molecule has 2 rings (SSSR count). The first-order valence-electron chi connectivity index (χ1n) is 6.28. The minimum Gasteiger partial charge on any atom is -0.507 e. The predicted molar refractivity (Wildman–Crippen MR) is 74.0 cm³/mol. The summed E-state index contributed by atoms with van der Waals surface area (Å²) in [7, 11) is 0. The number of imidazole rings is 1. The Morgan fingerprint density at radius 1 is 1.43 bits per heavy atom. The number of nitrogens with zero attached hydrogens (tertiary/aromatic N) is 1. The van der Waals surface area contributed by atoms with E-state index in [1.54, 1.807) is 13.0 Å². The van der Waals surface area contributed by atoms with Crippen molar-refractivity contribution in [1.29, 1.82) is 0 Å². The van der Waals surface area contributed by atoms with Crippen LogP contribution in [0.15, 0.2) is 30.7 Å². The van der Waals surface area contributed by atoms with Gasteiger partial charge in [-0.05, 0) is 19.1 Å². The summed E-state index contributed by atoms with van der Waals surface area (Å²) in [6, 6.07) is 3.44. The molecule has 1 amide bonds. The van der Waals surface area contributed by atoms with Crippen LogP contribution in [0.25, 0.3) is 0 Å². The highest BCUT2D eigenvalue weighted by Crippen LogP contribution is 2.18. The summed E-state index contributed by atoms with van der Waals surface area (Å²) in [5.74, 6) is -1.99. The quantitative estimate of drug-likeness (QED) is 0.651. The molecule has 2 aromatic rings. The number of carboxylic acids is 1. The van der Waals surface area contributed by atoms with Crippen molar-refractivity contribution >= 4 is 11.9 Å².